The van der Waals surface area contributed by atoms with E-state index in [0.717, 1.165) is 5.56 Å². The highest BCUT2D eigenvalue weighted by atomic mass is 35.5. The van der Waals surface area contributed by atoms with Crippen molar-refractivity contribution in [3.8, 4) is 23.0 Å². The first kappa shape index (κ1) is 17.2. The molecular formula is C18H18ClNO5. The third kappa shape index (κ3) is 3.17. The van der Waals surface area contributed by atoms with E-state index in [1.54, 1.807) is 30.2 Å². The molecule has 0 atom stereocenters. The van der Waals surface area contributed by atoms with Crippen molar-refractivity contribution in [2.75, 3.05) is 32.8 Å². The van der Waals surface area contributed by atoms with Crippen LogP contribution in [0.15, 0.2) is 30.3 Å². The zero-order valence-electron chi connectivity index (χ0n) is 14.2. The summed E-state index contributed by atoms with van der Waals surface area (Å²) in [6.45, 7) is 0.199. The molecule has 0 radical (unpaired) electrons. The van der Waals surface area contributed by atoms with Gasteiger partial charge in [0.05, 0.1) is 38.6 Å². The Morgan fingerprint density at radius 2 is 1.76 bits per heavy atom. The average molecular weight is 364 g/mol. The smallest absolute Gasteiger partial charge is 0.265 e. The van der Waals surface area contributed by atoms with Gasteiger partial charge in [-0.15, -0.1) is 0 Å². The highest BCUT2D eigenvalue weighted by Crippen LogP contribution is 2.41. The molecule has 1 heterocycles. The highest BCUT2D eigenvalue weighted by Gasteiger charge is 2.27. The molecule has 0 fully saturated rings. The predicted octanol–water partition coefficient (Wildman–Crippen LogP) is 3.29. The van der Waals surface area contributed by atoms with Gasteiger partial charge in [-0.3, -0.25) is 4.79 Å². The van der Waals surface area contributed by atoms with E-state index in [4.69, 9.17) is 30.5 Å². The molecule has 1 amide bonds. The lowest BCUT2D eigenvalue weighted by molar-refractivity contribution is -0.120. The minimum absolute atomic E-state index is 0.111. The van der Waals surface area contributed by atoms with E-state index in [1.807, 2.05) is 12.1 Å². The highest BCUT2D eigenvalue weighted by molar-refractivity contribution is 6.32. The standard InChI is InChI=1S/C18H18ClNO5/c1-22-14-6-4-5-11-9-20(17(21)10-25-18(11)14)13-7-12(19)15(23-2)8-16(13)24-3/h4-8H,9-10H2,1-3H3. The van der Waals surface area contributed by atoms with Crippen LogP contribution in [0.5, 0.6) is 23.0 Å². The molecule has 1 aliphatic rings. The summed E-state index contributed by atoms with van der Waals surface area (Å²) in [5.41, 5.74) is 1.39. The van der Waals surface area contributed by atoms with Crippen LogP contribution >= 0.6 is 11.6 Å². The molecule has 0 saturated carbocycles. The van der Waals surface area contributed by atoms with Gasteiger partial charge in [0.15, 0.2) is 18.1 Å². The van der Waals surface area contributed by atoms with Crippen molar-refractivity contribution < 1.29 is 23.7 Å². The van der Waals surface area contributed by atoms with Crippen LogP contribution in [-0.4, -0.2) is 33.8 Å². The second-order valence-corrected chi connectivity index (χ2v) is 5.78. The molecule has 6 nitrogen and oxygen atoms in total. The number of rotatable bonds is 4. The quantitative estimate of drug-likeness (QED) is 0.834. The second-order valence-electron chi connectivity index (χ2n) is 5.38. The first-order valence-electron chi connectivity index (χ1n) is 7.59. The van der Waals surface area contributed by atoms with Gasteiger partial charge in [0.1, 0.15) is 11.5 Å². The Balaban J connectivity index is 2.07. The van der Waals surface area contributed by atoms with E-state index < -0.39 is 0 Å². The summed E-state index contributed by atoms with van der Waals surface area (Å²) in [7, 11) is 4.62. The predicted molar refractivity (Wildman–Crippen MR) is 94.2 cm³/mol. The van der Waals surface area contributed by atoms with Crippen LogP contribution in [0.2, 0.25) is 5.02 Å². The van der Waals surface area contributed by atoms with Gasteiger partial charge in [0, 0.05) is 11.6 Å². The summed E-state index contributed by atoms with van der Waals surface area (Å²) in [5, 5.41) is 0.391. The zero-order chi connectivity index (χ0) is 18.0. The van der Waals surface area contributed by atoms with Gasteiger partial charge < -0.3 is 23.8 Å². The van der Waals surface area contributed by atoms with Gasteiger partial charge in [-0.2, -0.15) is 0 Å². The molecule has 0 aliphatic carbocycles. The summed E-state index contributed by atoms with van der Waals surface area (Å²) in [6, 6.07) is 8.85. The van der Waals surface area contributed by atoms with E-state index >= 15 is 0 Å². The van der Waals surface area contributed by atoms with Gasteiger partial charge in [0.25, 0.3) is 5.91 Å². The summed E-state index contributed by atoms with van der Waals surface area (Å²) in [6.07, 6.45) is 0. The Kier molecular flexibility index (Phi) is 4.90. The SMILES string of the molecule is COc1cc(OC)c(N2Cc3cccc(OC)c3OCC2=O)cc1Cl. The number of carbonyl (C=O) groups is 1. The Labute approximate surface area is 150 Å². The average Bonchev–Trinajstić information content (AvgIpc) is 2.80. The molecule has 7 heteroatoms. The molecule has 0 bridgehead atoms. The minimum Gasteiger partial charge on any atom is -0.495 e. The summed E-state index contributed by atoms with van der Waals surface area (Å²) in [5.74, 6) is 1.91. The topological polar surface area (TPSA) is 57.2 Å². The fourth-order valence-corrected chi connectivity index (χ4v) is 2.99. The number of halogens is 1. The maximum atomic E-state index is 12.6. The zero-order valence-corrected chi connectivity index (χ0v) is 14.9. The second kappa shape index (κ2) is 7.11. The normalized spacial score (nSPS) is 13.6. The molecule has 0 aromatic heterocycles. The van der Waals surface area contributed by atoms with Crippen molar-refractivity contribution in [3.05, 3.63) is 40.9 Å². The lowest BCUT2D eigenvalue weighted by Gasteiger charge is -2.23. The van der Waals surface area contributed by atoms with Crippen molar-refractivity contribution in [3.63, 3.8) is 0 Å². The molecule has 1 aliphatic heterocycles. The first-order valence-corrected chi connectivity index (χ1v) is 7.97. The van der Waals surface area contributed by atoms with Gasteiger partial charge in [-0.05, 0) is 12.1 Å². The number of amides is 1. The summed E-state index contributed by atoms with van der Waals surface area (Å²) < 4.78 is 21.6. The van der Waals surface area contributed by atoms with E-state index in [9.17, 15) is 4.79 Å². The van der Waals surface area contributed by atoms with Crippen LogP contribution in [0.25, 0.3) is 0 Å². The van der Waals surface area contributed by atoms with E-state index in [0.29, 0.717) is 40.3 Å². The number of benzene rings is 2. The van der Waals surface area contributed by atoms with E-state index in [-0.39, 0.29) is 12.5 Å². The number of hydrogen-bond donors (Lipinski definition) is 0. The van der Waals surface area contributed by atoms with Crippen LogP contribution < -0.4 is 23.8 Å². The number of carbonyl (C=O) groups excluding carboxylic acids is 1. The van der Waals surface area contributed by atoms with Gasteiger partial charge in [0.2, 0.25) is 0 Å². The summed E-state index contributed by atoms with van der Waals surface area (Å²) in [4.78, 5) is 14.2. The van der Waals surface area contributed by atoms with Gasteiger partial charge >= 0.3 is 0 Å². The molecule has 3 rings (SSSR count). The molecule has 0 N–H and O–H groups in total. The van der Waals surface area contributed by atoms with Crippen molar-refractivity contribution >= 4 is 23.2 Å². The van der Waals surface area contributed by atoms with Crippen molar-refractivity contribution in [2.45, 2.75) is 6.54 Å². The fourth-order valence-electron chi connectivity index (χ4n) is 2.76. The molecule has 0 spiro atoms. The Bertz CT molecular complexity index is 808. The van der Waals surface area contributed by atoms with E-state index in [1.165, 1.54) is 14.2 Å². The van der Waals surface area contributed by atoms with E-state index in [2.05, 4.69) is 0 Å². The number of methoxy groups -OCH3 is 3. The molecular weight excluding hydrogens is 346 g/mol. The van der Waals surface area contributed by atoms with Crippen molar-refractivity contribution in [2.24, 2.45) is 0 Å². The maximum Gasteiger partial charge on any atom is 0.265 e. The van der Waals surface area contributed by atoms with Crippen molar-refractivity contribution in [1.82, 2.24) is 0 Å². The van der Waals surface area contributed by atoms with Crippen LogP contribution in [0.1, 0.15) is 5.56 Å². The van der Waals surface area contributed by atoms with Crippen LogP contribution in [-0.2, 0) is 11.3 Å². The monoisotopic (exact) mass is 363 g/mol. The van der Waals surface area contributed by atoms with Crippen LogP contribution in [0, 0.1) is 0 Å². The first-order chi connectivity index (χ1) is 12.1. The summed E-state index contributed by atoms with van der Waals surface area (Å²) >= 11 is 6.24. The largest absolute Gasteiger partial charge is 0.495 e. The molecule has 132 valence electrons. The van der Waals surface area contributed by atoms with Crippen molar-refractivity contribution in [1.29, 1.82) is 0 Å². The Hall–Kier alpha value is -2.60. The lowest BCUT2D eigenvalue weighted by atomic mass is 10.1. The Morgan fingerprint density at radius 1 is 1.04 bits per heavy atom. The third-order valence-electron chi connectivity index (χ3n) is 3.99. The maximum absolute atomic E-state index is 12.6. The molecule has 2 aromatic carbocycles. The molecule has 0 saturated heterocycles. The number of nitrogens with zero attached hydrogens (tertiary/aromatic N) is 1. The van der Waals surface area contributed by atoms with Crippen LogP contribution in [0.4, 0.5) is 5.69 Å². The molecule has 0 unspecified atom stereocenters. The Morgan fingerprint density at radius 3 is 2.44 bits per heavy atom. The fraction of sp³-hybridized carbons (Fsp3) is 0.278. The van der Waals surface area contributed by atoms with Gasteiger partial charge in [-0.25, -0.2) is 0 Å². The number of para-hydroxylation sites is 1. The number of anilines is 1. The lowest BCUT2D eigenvalue weighted by Crippen LogP contribution is -2.32. The number of fused-ring (bicyclic) bond motifs is 1. The molecule has 2 aromatic rings. The number of ether oxygens (including phenoxy) is 4. The third-order valence-corrected chi connectivity index (χ3v) is 4.29. The van der Waals surface area contributed by atoms with Gasteiger partial charge in [-0.1, -0.05) is 23.7 Å². The minimum atomic E-state index is -0.210. The van der Waals surface area contributed by atoms with Crippen LogP contribution in [0.3, 0.4) is 0 Å². The molecule has 25 heavy (non-hydrogen) atoms. The number of hydrogen-bond acceptors (Lipinski definition) is 5.